The number of fused-ring (bicyclic) bond motifs is 1. The van der Waals surface area contributed by atoms with E-state index >= 15 is 0 Å². The molecular weight excluding hydrogens is 434 g/mol. The van der Waals surface area contributed by atoms with Gasteiger partial charge in [-0.3, -0.25) is 4.79 Å². The second-order valence-electron chi connectivity index (χ2n) is 12.6. The Morgan fingerprint density at radius 3 is 2.42 bits per heavy atom. The Hall–Kier alpha value is -0.943. The molecule has 190 valence electrons. The molecule has 0 aromatic rings. The smallest absolute Gasteiger partial charge is 0.311 e. The first-order valence-corrected chi connectivity index (χ1v) is 15.5. The van der Waals surface area contributed by atoms with Crippen LogP contribution in [-0.2, 0) is 23.4 Å². The molecule has 0 saturated carbocycles. The van der Waals surface area contributed by atoms with Gasteiger partial charge in [-0.05, 0) is 64.6 Å². The van der Waals surface area contributed by atoms with E-state index in [0.717, 1.165) is 38.5 Å². The van der Waals surface area contributed by atoms with Gasteiger partial charge in [0.2, 0.25) is 6.04 Å². The van der Waals surface area contributed by atoms with Crippen LogP contribution in [0.25, 0.3) is 4.85 Å². The van der Waals surface area contributed by atoms with E-state index in [0.29, 0.717) is 13.2 Å². The highest BCUT2D eigenvalue weighted by Gasteiger charge is 2.54. The van der Waals surface area contributed by atoms with Crippen LogP contribution < -0.4 is 0 Å². The molecule has 2 heterocycles. The van der Waals surface area contributed by atoms with Crippen LogP contribution in [0.1, 0.15) is 87.0 Å². The summed E-state index contributed by atoms with van der Waals surface area (Å²) in [5.74, 6) is -0.164. The minimum Gasteiger partial charge on any atom is -0.465 e. The number of ether oxygens (including phenoxy) is 3. The Bertz CT molecular complexity index is 705. The largest absolute Gasteiger partial charge is 0.465 e. The summed E-state index contributed by atoms with van der Waals surface area (Å²) >= 11 is 0. The summed E-state index contributed by atoms with van der Waals surface area (Å²) in [6.07, 6.45) is 5.18. The second-order valence-corrected chi connectivity index (χ2v) is 17.4. The second kappa shape index (κ2) is 10.8. The summed E-state index contributed by atoms with van der Waals surface area (Å²) in [5.41, 5.74) is -0.928. The van der Waals surface area contributed by atoms with Crippen molar-refractivity contribution in [3.8, 4) is 0 Å². The van der Waals surface area contributed by atoms with Crippen molar-refractivity contribution in [3.63, 3.8) is 0 Å². The lowest BCUT2D eigenvalue weighted by Gasteiger charge is -2.45. The predicted octanol–water partition coefficient (Wildman–Crippen LogP) is 6.15. The molecule has 2 saturated heterocycles. The number of nitrogens with zero attached hydrogens (tertiary/aromatic N) is 1. The minimum atomic E-state index is -1.94. The zero-order valence-electron chi connectivity index (χ0n) is 22.5. The van der Waals surface area contributed by atoms with Gasteiger partial charge < -0.3 is 23.5 Å². The number of hydrogen-bond donors (Lipinski definition) is 0. The van der Waals surface area contributed by atoms with E-state index in [2.05, 4.69) is 38.7 Å². The van der Waals surface area contributed by atoms with Gasteiger partial charge in [-0.15, -0.1) is 0 Å². The van der Waals surface area contributed by atoms with Gasteiger partial charge in [0.1, 0.15) is 5.60 Å². The Kier molecular flexibility index (Phi) is 9.23. The highest BCUT2D eigenvalue weighted by Crippen LogP contribution is 2.46. The Balaban J connectivity index is 2.04. The number of carbonyl (C=O) groups excluding carboxylic acids is 1. The lowest BCUT2D eigenvalue weighted by molar-refractivity contribution is -0.181. The molecule has 2 aliphatic heterocycles. The summed E-state index contributed by atoms with van der Waals surface area (Å²) < 4.78 is 25.3. The van der Waals surface area contributed by atoms with Crippen LogP contribution in [0.5, 0.6) is 0 Å². The molecule has 5 atom stereocenters. The minimum absolute atomic E-state index is 0.0175. The zero-order chi connectivity index (χ0) is 25.1. The summed E-state index contributed by atoms with van der Waals surface area (Å²) in [7, 11) is -1.94. The first-order chi connectivity index (χ1) is 15.1. The molecule has 2 aliphatic rings. The average Bonchev–Trinajstić information content (AvgIpc) is 3.06. The van der Waals surface area contributed by atoms with Crippen LogP contribution in [-0.4, -0.2) is 57.5 Å². The third kappa shape index (κ3) is 7.52. The van der Waals surface area contributed by atoms with Gasteiger partial charge in [0, 0.05) is 19.8 Å². The molecule has 2 rings (SSSR count). The summed E-state index contributed by atoms with van der Waals surface area (Å²) in [6.45, 7) is 27.2. The molecule has 0 aromatic heterocycles. The van der Waals surface area contributed by atoms with Crippen molar-refractivity contribution in [1.29, 1.82) is 0 Å². The molecule has 1 unspecified atom stereocenters. The van der Waals surface area contributed by atoms with Crippen LogP contribution in [0.15, 0.2) is 0 Å². The van der Waals surface area contributed by atoms with Crippen LogP contribution in [0.3, 0.4) is 0 Å². The van der Waals surface area contributed by atoms with Gasteiger partial charge in [-0.25, -0.2) is 6.57 Å². The summed E-state index contributed by atoms with van der Waals surface area (Å²) in [6, 6.07) is -0.0412. The van der Waals surface area contributed by atoms with E-state index < -0.39 is 19.3 Å². The van der Waals surface area contributed by atoms with E-state index in [1.165, 1.54) is 0 Å². The zero-order valence-corrected chi connectivity index (χ0v) is 23.5. The molecule has 0 bridgehead atoms. The van der Waals surface area contributed by atoms with Gasteiger partial charge in [0.15, 0.2) is 8.32 Å². The van der Waals surface area contributed by atoms with Gasteiger partial charge in [0.05, 0.1) is 36.9 Å². The fourth-order valence-electron chi connectivity index (χ4n) is 4.27. The molecule has 2 fully saturated rings. The van der Waals surface area contributed by atoms with Gasteiger partial charge in [-0.2, -0.15) is 0 Å². The van der Waals surface area contributed by atoms with Crippen LogP contribution >= 0.6 is 0 Å². The molecule has 0 N–H and O–H groups in total. The van der Waals surface area contributed by atoms with Crippen molar-refractivity contribution in [1.82, 2.24) is 0 Å². The normalized spacial score (nSPS) is 29.3. The molecule has 6 nitrogen and oxygen atoms in total. The molecule has 0 spiro atoms. The highest BCUT2D eigenvalue weighted by atomic mass is 28.4. The van der Waals surface area contributed by atoms with Crippen LogP contribution in [0.2, 0.25) is 18.1 Å². The standard InChI is InChI=1S/C26H47NO5Si/c1-19(27-8)16-20-13-14-22-26(32-20,18-30-33(9,10)25(5,6)7)17-21(31-22)12-11-15-29-23(28)24(2,3)4/h19-22H,11-18H2,1-7,9-10H3/t19-,20?,21+,22+,26-/m1/s1. The first kappa shape index (κ1) is 28.3. The van der Waals surface area contributed by atoms with Crippen molar-refractivity contribution < 1.29 is 23.4 Å². The maximum Gasteiger partial charge on any atom is 0.311 e. The van der Waals surface area contributed by atoms with E-state index in [4.69, 9.17) is 25.2 Å². The Labute approximate surface area is 203 Å². The van der Waals surface area contributed by atoms with Gasteiger partial charge in [0.25, 0.3) is 0 Å². The fraction of sp³-hybridized carbons (Fsp3) is 0.923. The quantitative estimate of drug-likeness (QED) is 0.171. The molecule has 0 radical (unpaired) electrons. The molecule has 0 amide bonds. The maximum atomic E-state index is 12.0. The van der Waals surface area contributed by atoms with E-state index in [1.54, 1.807) is 0 Å². The molecular formula is C26H47NO5Si. The Morgan fingerprint density at radius 1 is 1.18 bits per heavy atom. The monoisotopic (exact) mass is 481 g/mol. The average molecular weight is 482 g/mol. The van der Waals surface area contributed by atoms with E-state index in [1.807, 2.05) is 27.7 Å². The number of esters is 1. The number of rotatable bonds is 9. The van der Waals surface area contributed by atoms with Crippen LogP contribution in [0.4, 0.5) is 0 Å². The van der Waals surface area contributed by atoms with Crippen molar-refractivity contribution >= 4 is 14.3 Å². The number of carbonyl (C=O) groups is 1. The molecule has 0 aliphatic carbocycles. The van der Waals surface area contributed by atoms with Gasteiger partial charge >= 0.3 is 5.97 Å². The Morgan fingerprint density at radius 2 is 1.85 bits per heavy atom. The van der Waals surface area contributed by atoms with Crippen molar-refractivity contribution in [2.24, 2.45) is 5.41 Å². The van der Waals surface area contributed by atoms with Crippen molar-refractivity contribution in [2.45, 2.75) is 135 Å². The summed E-state index contributed by atoms with van der Waals surface area (Å²) in [5, 5.41) is 0.127. The lowest BCUT2D eigenvalue weighted by atomic mass is 9.85. The summed E-state index contributed by atoms with van der Waals surface area (Å²) in [4.78, 5) is 15.7. The molecule has 33 heavy (non-hydrogen) atoms. The van der Waals surface area contributed by atoms with E-state index in [9.17, 15) is 4.79 Å². The maximum absolute atomic E-state index is 12.0. The third-order valence-corrected chi connectivity index (χ3v) is 12.0. The topological polar surface area (TPSA) is 58.4 Å². The van der Waals surface area contributed by atoms with Crippen molar-refractivity contribution in [2.75, 3.05) is 13.2 Å². The first-order valence-electron chi connectivity index (χ1n) is 12.6. The van der Waals surface area contributed by atoms with Gasteiger partial charge in [-0.1, -0.05) is 20.8 Å². The predicted molar refractivity (Wildman–Crippen MR) is 134 cm³/mol. The molecule has 0 aromatic carbocycles. The van der Waals surface area contributed by atoms with Crippen molar-refractivity contribution in [3.05, 3.63) is 11.4 Å². The fourth-order valence-corrected chi connectivity index (χ4v) is 5.31. The third-order valence-electron chi connectivity index (χ3n) is 7.49. The SMILES string of the molecule is [C-]#[N+][C@H](C)CC1CC[C@@H]2O[C@@H](CCCOC(=O)C(C)(C)C)C[C@]2(CO[Si](C)(C)C(C)(C)C)O1. The molecule has 7 heteroatoms. The number of hydrogen-bond acceptors (Lipinski definition) is 5. The van der Waals surface area contributed by atoms with Crippen LogP contribution in [0, 0.1) is 12.0 Å². The highest BCUT2D eigenvalue weighted by molar-refractivity contribution is 6.74. The lowest BCUT2D eigenvalue weighted by Crippen LogP contribution is -2.55. The van der Waals surface area contributed by atoms with E-state index in [-0.39, 0.29) is 35.4 Å².